The second kappa shape index (κ2) is 6.06. The largest absolute Gasteiger partial charge is 0.391 e. The summed E-state index contributed by atoms with van der Waals surface area (Å²) in [6.07, 6.45) is -1.03. The van der Waals surface area contributed by atoms with E-state index in [4.69, 9.17) is 11.5 Å². The van der Waals surface area contributed by atoms with Crippen LogP contribution in [0.4, 0.5) is 0 Å². The van der Waals surface area contributed by atoms with Gasteiger partial charge in [-0.3, -0.25) is 14.4 Å². The van der Waals surface area contributed by atoms with Crippen LogP contribution in [0.15, 0.2) is 0 Å². The van der Waals surface area contributed by atoms with Crippen molar-refractivity contribution in [3.8, 4) is 0 Å². The summed E-state index contributed by atoms with van der Waals surface area (Å²) >= 11 is 0. The van der Waals surface area contributed by atoms with Crippen molar-refractivity contribution in [2.24, 2.45) is 11.5 Å². The van der Waals surface area contributed by atoms with Gasteiger partial charge in [-0.1, -0.05) is 0 Å². The number of hydrogen-bond donors (Lipinski definition) is 4. The summed E-state index contributed by atoms with van der Waals surface area (Å²) in [6, 6.07) is -2.22. The first-order valence-corrected chi connectivity index (χ1v) is 7.67. The third-order valence-electron chi connectivity index (χ3n) is 4.73. The first-order valence-electron chi connectivity index (χ1n) is 7.67. The zero-order valence-electron chi connectivity index (χ0n) is 13.3. The molecule has 0 aliphatic carbocycles. The number of rotatable bonds is 5. The molecule has 0 aromatic rings. The molecule has 2 aliphatic heterocycles. The quantitative estimate of drug-likeness (QED) is 0.398. The van der Waals surface area contributed by atoms with Gasteiger partial charge in [0.2, 0.25) is 11.8 Å². The molecule has 0 bridgehead atoms. The Balaban J connectivity index is 2.19. The van der Waals surface area contributed by atoms with Gasteiger partial charge in [0.05, 0.1) is 18.8 Å². The monoisotopic (exact) mass is 328 g/mol. The van der Waals surface area contributed by atoms with Crippen molar-refractivity contribution >= 4 is 17.7 Å². The number of primary amides is 1. The van der Waals surface area contributed by atoms with Crippen molar-refractivity contribution in [1.82, 2.24) is 9.80 Å². The normalized spacial score (nSPS) is 29.2. The number of likely N-dealkylation sites (tertiary alicyclic amines) is 2. The number of carbonyl (C=O) groups excluding carboxylic acids is 3. The van der Waals surface area contributed by atoms with Crippen LogP contribution >= 0.6 is 0 Å². The minimum absolute atomic E-state index is 0.128. The molecule has 130 valence electrons. The fraction of sp³-hybridized carbons (Fsp3) is 0.786. The van der Waals surface area contributed by atoms with Crippen molar-refractivity contribution in [2.75, 3.05) is 13.1 Å². The topological polar surface area (TPSA) is 150 Å². The fourth-order valence-corrected chi connectivity index (χ4v) is 3.45. The van der Waals surface area contributed by atoms with Gasteiger partial charge in [0.1, 0.15) is 17.6 Å². The Morgan fingerprint density at radius 1 is 1.26 bits per heavy atom. The van der Waals surface area contributed by atoms with Crippen molar-refractivity contribution in [3.63, 3.8) is 0 Å². The summed E-state index contributed by atoms with van der Waals surface area (Å²) in [6.45, 7) is 3.29. The molecule has 1 spiro atoms. The van der Waals surface area contributed by atoms with Crippen LogP contribution in [-0.2, 0) is 14.4 Å². The summed E-state index contributed by atoms with van der Waals surface area (Å²) in [5, 5.41) is 19.2. The SMILES string of the molecule is CC(O)C(N)C(=O)N1CCCC12CN([C@H](C(N)=O)[C@@H](C)O)C2=O. The highest BCUT2D eigenvalue weighted by Gasteiger charge is 2.62. The predicted molar refractivity (Wildman–Crippen MR) is 79.7 cm³/mol. The molecule has 2 rings (SSSR count). The van der Waals surface area contributed by atoms with E-state index in [2.05, 4.69) is 0 Å². The van der Waals surface area contributed by atoms with Crippen molar-refractivity contribution in [2.45, 2.75) is 56.5 Å². The van der Waals surface area contributed by atoms with Crippen LogP contribution in [0.25, 0.3) is 0 Å². The minimum Gasteiger partial charge on any atom is -0.391 e. The molecule has 0 radical (unpaired) electrons. The molecule has 3 amide bonds. The summed E-state index contributed by atoms with van der Waals surface area (Å²) in [5.41, 5.74) is 9.91. The van der Waals surface area contributed by atoms with E-state index < -0.39 is 47.6 Å². The third kappa shape index (κ3) is 2.68. The third-order valence-corrected chi connectivity index (χ3v) is 4.73. The fourth-order valence-electron chi connectivity index (χ4n) is 3.45. The van der Waals surface area contributed by atoms with Gasteiger partial charge in [0.15, 0.2) is 0 Å². The standard InChI is InChI=1S/C14H24N4O5/c1-7(19)9(15)12(22)18-5-3-4-14(18)6-17(13(14)23)10(8(2)20)11(16)21/h7-10,19-20H,3-6,15H2,1-2H3,(H2,16,21)/t7?,8-,9?,10+,14?/m1/s1. The Bertz CT molecular complexity index is 523. The number of carbonyl (C=O) groups is 3. The molecule has 0 aromatic heterocycles. The van der Waals surface area contributed by atoms with E-state index in [0.717, 1.165) is 0 Å². The van der Waals surface area contributed by atoms with Crippen LogP contribution in [0.1, 0.15) is 26.7 Å². The summed E-state index contributed by atoms with van der Waals surface area (Å²) in [5.74, 6) is -1.69. The number of nitrogens with zero attached hydrogens (tertiary/aromatic N) is 2. The smallest absolute Gasteiger partial charge is 0.251 e. The molecule has 6 N–H and O–H groups in total. The first-order chi connectivity index (χ1) is 10.6. The van der Waals surface area contributed by atoms with Gasteiger partial charge in [-0.05, 0) is 26.7 Å². The minimum atomic E-state index is -1.11. The average molecular weight is 328 g/mol. The molecule has 9 heteroatoms. The second-order valence-electron chi connectivity index (χ2n) is 6.41. The Hall–Kier alpha value is -1.71. The second-order valence-corrected chi connectivity index (χ2v) is 6.41. The summed E-state index contributed by atoms with van der Waals surface area (Å²) in [7, 11) is 0. The number of amides is 3. The van der Waals surface area contributed by atoms with Crippen LogP contribution in [0.5, 0.6) is 0 Å². The highest BCUT2D eigenvalue weighted by molar-refractivity contribution is 6.01. The van der Waals surface area contributed by atoms with E-state index in [0.29, 0.717) is 19.4 Å². The molecule has 2 saturated heterocycles. The average Bonchev–Trinajstić information content (AvgIpc) is 2.90. The lowest BCUT2D eigenvalue weighted by Gasteiger charge is -2.53. The Labute approximate surface area is 134 Å². The predicted octanol–water partition coefficient (Wildman–Crippen LogP) is -2.87. The van der Waals surface area contributed by atoms with Gasteiger partial charge < -0.3 is 31.5 Å². The van der Waals surface area contributed by atoms with Gasteiger partial charge in [-0.2, -0.15) is 0 Å². The first kappa shape index (κ1) is 17.6. The van der Waals surface area contributed by atoms with Gasteiger partial charge in [-0.15, -0.1) is 0 Å². The van der Waals surface area contributed by atoms with E-state index >= 15 is 0 Å². The van der Waals surface area contributed by atoms with Crippen molar-refractivity contribution in [3.05, 3.63) is 0 Å². The maximum absolute atomic E-state index is 12.7. The molecule has 9 nitrogen and oxygen atoms in total. The van der Waals surface area contributed by atoms with E-state index in [1.807, 2.05) is 0 Å². The van der Waals surface area contributed by atoms with Crippen LogP contribution in [0.2, 0.25) is 0 Å². The number of aliphatic hydroxyl groups is 2. The Morgan fingerprint density at radius 2 is 1.87 bits per heavy atom. The van der Waals surface area contributed by atoms with E-state index in [1.54, 1.807) is 0 Å². The molecule has 2 fully saturated rings. The number of aliphatic hydroxyl groups excluding tert-OH is 2. The Morgan fingerprint density at radius 3 is 2.30 bits per heavy atom. The molecular weight excluding hydrogens is 304 g/mol. The summed E-state index contributed by atoms with van der Waals surface area (Å²) < 4.78 is 0. The molecule has 23 heavy (non-hydrogen) atoms. The van der Waals surface area contributed by atoms with Crippen LogP contribution in [0, 0.1) is 0 Å². The lowest BCUT2D eigenvalue weighted by atomic mass is 9.83. The zero-order valence-corrected chi connectivity index (χ0v) is 13.3. The highest BCUT2D eigenvalue weighted by Crippen LogP contribution is 2.40. The van der Waals surface area contributed by atoms with Crippen LogP contribution in [-0.4, -0.2) is 80.7 Å². The van der Waals surface area contributed by atoms with Gasteiger partial charge in [0, 0.05) is 6.54 Å². The van der Waals surface area contributed by atoms with Crippen LogP contribution < -0.4 is 11.5 Å². The maximum Gasteiger partial charge on any atom is 0.251 e. The molecule has 3 unspecified atom stereocenters. The van der Waals surface area contributed by atoms with E-state index in [-0.39, 0.29) is 6.54 Å². The lowest BCUT2D eigenvalue weighted by molar-refractivity contribution is -0.176. The highest BCUT2D eigenvalue weighted by atomic mass is 16.3. The molecule has 0 aromatic carbocycles. The number of hydrogen-bond acceptors (Lipinski definition) is 6. The van der Waals surface area contributed by atoms with Crippen molar-refractivity contribution in [1.29, 1.82) is 0 Å². The molecule has 5 atom stereocenters. The molecule has 2 aliphatic rings. The van der Waals surface area contributed by atoms with Crippen LogP contribution in [0.3, 0.4) is 0 Å². The maximum atomic E-state index is 12.7. The lowest BCUT2D eigenvalue weighted by Crippen LogP contribution is -2.77. The number of β-lactam (4-membered cyclic amide) rings is 1. The van der Waals surface area contributed by atoms with Gasteiger partial charge in [0.25, 0.3) is 5.91 Å². The van der Waals surface area contributed by atoms with E-state index in [9.17, 15) is 24.6 Å². The molecule has 2 heterocycles. The van der Waals surface area contributed by atoms with Gasteiger partial charge in [-0.25, -0.2) is 0 Å². The Kier molecular flexibility index (Phi) is 4.65. The molecule has 0 saturated carbocycles. The molecular formula is C14H24N4O5. The summed E-state index contributed by atoms with van der Waals surface area (Å²) in [4.78, 5) is 39.1. The van der Waals surface area contributed by atoms with E-state index in [1.165, 1.54) is 23.6 Å². The van der Waals surface area contributed by atoms with Gasteiger partial charge >= 0.3 is 0 Å². The number of nitrogens with two attached hydrogens (primary N) is 2. The zero-order chi connectivity index (χ0) is 17.5. The van der Waals surface area contributed by atoms with Crippen molar-refractivity contribution < 1.29 is 24.6 Å².